The number of benzene rings is 1. The Morgan fingerprint density at radius 1 is 0.944 bits per heavy atom. The van der Waals surface area contributed by atoms with Crippen molar-refractivity contribution in [1.82, 2.24) is 0 Å². The predicted octanol–water partition coefficient (Wildman–Crippen LogP) is 3.83. The lowest BCUT2D eigenvalue weighted by Gasteiger charge is -2.20. The highest BCUT2D eigenvalue weighted by atomic mass is 35.5. The van der Waals surface area contributed by atoms with Crippen LogP contribution in [0.2, 0.25) is 0 Å². The van der Waals surface area contributed by atoms with Gasteiger partial charge in [0.1, 0.15) is 0 Å². The lowest BCUT2D eigenvalue weighted by Crippen LogP contribution is -2.29. The molecular formula is C11H8ClF5O. The van der Waals surface area contributed by atoms with E-state index in [2.05, 4.69) is 0 Å². The average Bonchev–Trinajstić information content (AvgIpc) is 2.34. The second-order valence-electron chi connectivity index (χ2n) is 4.29. The van der Waals surface area contributed by atoms with E-state index in [1.807, 2.05) is 0 Å². The normalized spacial score (nSPS) is 11.8. The fraction of sp³-hybridized carbons (Fsp3) is 0.364. The van der Waals surface area contributed by atoms with E-state index in [9.17, 15) is 26.7 Å². The molecule has 18 heavy (non-hydrogen) atoms. The Morgan fingerprint density at radius 2 is 1.28 bits per heavy atom. The first-order valence-electron chi connectivity index (χ1n) is 4.77. The largest absolute Gasteiger partial charge is 0.293 e. The van der Waals surface area contributed by atoms with Crippen LogP contribution in [0.3, 0.4) is 0 Å². The Morgan fingerprint density at radius 3 is 1.61 bits per heavy atom. The number of carbonyl (C=O) groups is 1. The van der Waals surface area contributed by atoms with Gasteiger partial charge < -0.3 is 0 Å². The van der Waals surface area contributed by atoms with E-state index in [1.165, 1.54) is 13.8 Å². The number of Topliss-reactive ketones (excluding diaryl/α,β-unsaturated/α-hetero) is 1. The van der Waals surface area contributed by atoms with Gasteiger partial charge in [0.2, 0.25) is 5.82 Å². The molecule has 0 saturated carbocycles. The Hall–Kier alpha value is -1.17. The molecule has 0 aliphatic heterocycles. The zero-order valence-electron chi connectivity index (χ0n) is 9.38. The molecule has 0 bridgehead atoms. The molecule has 0 heterocycles. The van der Waals surface area contributed by atoms with Crippen LogP contribution in [0.1, 0.15) is 24.2 Å². The SMILES string of the molecule is CC(C)(CCl)C(=O)c1c(F)c(F)c(F)c(F)c1F. The standard InChI is InChI=1S/C11H8ClF5O/c1-11(2,3-12)10(18)4-5(13)7(15)9(17)8(16)6(4)14/h3H2,1-2H3. The number of alkyl halides is 1. The first-order chi connectivity index (χ1) is 8.15. The van der Waals surface area contributed by atoms with Gasteiger partial charge in [0.25, 0.3) is 0 Å². The lowest BCUT2D eigenvalue weighted by atomic mass is 9.85. The summed E-state index contributed by atoms with van der Waals surface area (Å²) >= 11 is 5.43. The number of halogens is 6. The van der Waals surface area contributed by atoms with Gasteiger partial charge in [-0.1, -0.05) is 13.8 Å². The molecular weight excluding hydrogens is 279 g/mol. The minimum atomic E-state index is -2.30. The van der Waals surface area contributed by atoms with Crippen molar-refractivity contribution in [2.75, 3.05) is 5.88 Å². The van der Waals surface area contributed by atoms with Crippen LogP contribution in [0.4, 0.5) is 22.0 Å². The van der Waals surface area contributed by atoms with Gasteiger partial charge in [0.05, 0.1) is 5.56 Å². The summed E-state index contributed by atoms with van der Waals surface area (Å²) in [6, 6.07) is 0. The Bertz CT molecular complexity index is 484. The van der Waals surface area contributed by atoms with Gasteiger partial charge in [-0.2, -0.15) is 0 Å². The van der Waals surface area contributed by atoms with Crippen LogP contribution in [0, 0.1) is 34.5 Å². The molecule has 0 radical (unpaired) electrons. The van der Waals surface area contributed by atoms with Gasteiger partial charge in [-0.25, -0.2) is 22.0 Å². The molecule has 0 N–H and O–H groups in total. The fourth-order valence-corrected chi connectivity index (χ4v) is 1.32. The highest BCUT2D eigenvalue weighted by molar-refractivity contribution is 6.21. The maximum Gasteiger partial charge on any atom is 0.200 e. The van der Waals surface area contributed by atoms with Crippen LogP contribution in [0.5, 0.6) is 0 Å². The van der Waals surface area contributed by atoms with Crippen LogP contribution in [-0.4, -0.2) is 11.7 Å². The summed E-state index contributed by atoms with van der Waals surface area (Å²) in [4.78, 5) is 11.7. The molecule has 0 aromatic heterocycles. The summed E-state index contributed by atoms with van der Waals surface area (Å²) in [6.45, 7) is 2.47. The molecule has 0 fully saturated rings. The van der Waals surface area contributed by atoms with Crippen molar-refractivity contribution in [3.63, 3.8) is 0 Å². The molecule has 1 nitrogen and oxygen atoms in total. The third-order valence-corrected chi connectivity index (χ3v) is 3.05. The molecule has 100 valence electrons. The van der Waals surface area contributed by atoms with Gasteiger partial charge in [0, 0.05) is 11.3 Å². The van der Waals surface area contributed by atoms with Crippen LogP contribution in [0.25, 0.3) is 0 Å². The quantitative estimate of drug-likeness (QED) is 0.271. The number of rotatable bonds is 3. The summed E-state index contributed by atoms with van der Waals surface area (Å²) in [5.74, 6) is -12.5. The average molecular weight is 287 g/mol. The van der Waals surface area contributed by atoms with Crippen LogP contribution in [0.15, 0.2) is 0 Å². The molecule has 0 aliphatic carbocycles. The molecule has 0 unspecified atom stereocenters. The monoisotopic (exact) mass is 286 g/mol. The maximum atomic E-state index is 13.3. The highest BCUT2D eigenvalue weighted by Crippen LogP contribution is 2.30. The van der Waals surface area contributed by atoms with Crippen LogP contribution in [-0.2, 0) is 0 Å². The molecule has 7 heteroatoms. The van der Waals surface area contributed by atoms with E-state index in [1.54, 1.807) is 0 Å². The van der Waals surface area contributed by atoms with Gasteiger partial charge >= 0.3 is 0 Å². The third kappa shape index (κ3) is 2.21. The number of ketones is 1. The van der Waals surface area contributed by atoms with E-state index < -0.39 is 45.8 Å². The number of hydrogen-bond donors (Lipinski definition) is 0. The third-order valence-electron chi connectivity index (χ3n) is 2.39. The molecule has 1 rings (SSSR count). The topological polar surface area (TPSA) is 17.1 Å². The van der Waals surface area contributed by atoms with Crippen molar-refractivity contribution in [3.8, 4) is 0 Å². The zero-order valence-corrected chi connectivity index (χ0v) is 10.1. The van der Waals surface area contributed by atoms with E-state index in [-0.39, 0.29) is 5.88 Å². The van der Waals surface area contributed by atoms with E-state index >= 15 is 0 Å². The van der Waals surface area contributed by atoms with Crippen LogP contribution >= 0.6 is 11.6 Å². The molecule has 0 amide bonds. The van der Waals surface area contributed by atoms with Gasteiger partial charge in [-0.15, -0.1) is 11.6 Å². The molecule has 0 atom stereocenters. The molecule has 1 aromatic rings. The van der Waals surface area contributed by atoms with Crippen molar-refractivity contribution >= 4 is 17.4 Å². The molecule has 0 aliphatic rings. The van der Waals surface area contributed by atoms with Crippen molar-refractivity contribution in [2.24, 2.45) is 5.41 Å². The highest BCUT2D eigenvalue weighted by Gasteiger charge is 2.36. The second kappa shape index (κ2) is 4.84. The van der Waals surface area contributed by atoms with Gasteiger partial charge in [0.15, 0.2) is 29.1 Å². The maximum absolute atomic E-state index is 13.3. The summed E-state index contributed by atoms with van der Waals surface area (Å²) < 4.78 is 65.3. The second-order valence-corrected chi connectivity index (χ2v) is 4.56. The summed E-state index contributed by atoms with van der Waals surface area (Å²) in [5.41, 5.74) is -2.91. The lowest BCUT2D eigenvalue weighted by molar-refractivity contribution is 0.0849. The van der Waals surface area contributed by atoms with E-state index in [0.717, 1.165) is 0 Å². The Balaban J connectivity index is 3.57. The Kier molecular flexibility index (Phi) is 4.00. The number of carbonyl (C=O) groups excluding carboxylic acids is 1. The first kappa shape index (κ1) is 14.9. The Labute approximate surface area is 105 Å². The fourth-order valence-electron chi connectivity index (χ4n) is 1.20. The minimum Gasteiger partial charge on any atom is -0.293 e. The molecule has 0 saturated heterocycles. The summed E-state index contributed by atoms with van der Waals surface area (Å²) in [6.07, 6.45) is 0. The van der Waals surface area contributed by atoms with E-state index in [0.29, 0.717) is 0 Å². The van der Waals surface area contributed by atoms with Gasteiger partial charge in [-0.3, -0.25) is 4.79 Å². The van der Waals surface area contributed by atoms with Crippen molar-refractivity contribution in [3.05, 3.63) is 34.6 Å². The van der Waals surface area contributed by atoms with Crippen molar-refractivity contribution < 1.29 is 26.7 Å². The van der Waals surface area contributed by atoms with Crippen LogP contribution < -0.4 is 0 Å². The predicted molar refractivity (Wildman–Crippen MR) is 55.1 cm³/mol. The first-order valence-corrected chi connectivity index (χ1v) is 5.30. The molecule has 1 aromatic carbocycles. The number of hydrogen-bond acceptors (Lipinski definition) is 1. The van der Waals surface area contributed by atoms with Crippen molar-refractivity contribution in [1.29, 1.82) is 0 Å². The summed E-state index contributed by atoms with van der Waals surface area (Å²) in [7, 11) is 0. The zero-order chi connectivity index (χ0) is 14.2. The summed E-state index contributed by atoms with van der Waals surface area (Å²) in [5, 5.41) is 0. The smallest absolute Gasteiger partial charge is 0.200 e. The van der Waals surface area contributed by atoms with E-state index in [4.69, 9.17) is 11.6 Å². The minimum absolute atomic E-state index is 0.328. The molecule has 0 spiro atoms. The van der Waals surface area contributed by atoms with Gasteiger partial charge in [-0.05, 0) is 0 Å². The van der Waals surface area contributed by atoms with Crippen molar-refractivity contribution in [2.45, 2.75) is 13.8 Å².